The van der Waals surface area contributed by atoms with Crippen LogP contribution in [0.1, 0.15) is 11.1 Å². The molecule has 0 aliphatic heterocycles. The minimum atomic E-state index is -4.79. The van der Waals surface area contributed by atoms with Crippen molar-refractivity contribution >= 4 is 28.4 Å². The van der Waals surface area contributed by atoms with Crippen LogP contribution in [0.2, 0.25) is 5.02 Å². The van der Waals surface area contributed by atoms with Crippen LogP contribution >= 0.6 is 23.2 Å². The molecule has 2 rings (SSSR count). The van der Waals surface area contributed by atoms with Gasteiger partial charge in [0.05, 0.1) is 10.6 Å². The summed E-state index contributed by atoms with van der Waals surface area (Å²) >= 11 is 11.3. The fourth-order valence-corrected chi connectivity index (χ4v) is 2.18. The Morgan fingerprint density at radius 2 is 1.78 bits per heavy atom. The molecule has 0 saturated heterocycles. The average molecular weight is 371 g/mol. The summed E-state index contributed by atoms with van der Waals surface area (Å²) in [6.07, 6.45) is -4.42. The minimum absolute atomic E-state index is 0.145. The van der Waals surface area contributed by atoms with Gasteiger partial charge in [0.25, 0.3) is 0 Å². The van der Waals surface area contributed by atoms with Crippen molar-refractivity contribution in [3.05, 3.63) is 52.2 Å². The first-order valence-electron chi connectivity index (χ1n) is 5.75. The number of hydrogen-bond donors (Lipinski definition) is 1. The highest BCUT2D eigenvalue weighted by atomic mass is 35.5. The van der Waals surface area contributed by atoms with Gasteiger partial charge in [0.1, 0.15) is 17.3 Å². The van der Waals surface area contributed by atoms with E-state index in [1.54, 1.807) is 0 Å². The molecule has 0 atom stereocenters. The molecule has 0 radical (unpaired) electrons. The predicted octanol–water partition coefficient (Wildman–Crippen LogP) is 5.07. The van der Waals surface area contributed by atoms with Crippen LogP contribution in [0.15, 0.2) is 29.6 Å². The van der Waals surface area contributed by atoms with Crippen LogP contribution in [0.3, 0.4) is 0 Å². The molecule has 0 unspecified atom stereocenters. The number of hydrogen-bond acceptors (Lipinski definition) is 3. The molecule has 122 valence electrons. The zero-order valence-electron chi connectivity index (χ0n) is 10.8. The molecule has 23 heavy (non-hydrogen) atoms. The van der Waals surface area contributed by atoms with Gasteiger partial charge in [-0.15, -0.1) is 0 Å². The Morgan fingerprint density at radius 1 is 1.13 bits per heavy atom. The highest BCUT2D eigenvalue weighted by molar-refractivity contribution is 6.70. The van der Waals surface area contributed by atoms with Crippen molar-refractivity contribution in [1.82, 2.24) is 4.98 Å². The van der Waals surface area contributed by atoms with E-state index in [1.165, 1.54) is 0 Å². The van der Waals surface area contributed by atoms with E-state index in [-0.39, 0.29) is 16.7 Å². The van der Waals surface area contributed by atoms with Gasteiger partial charge >= 0.3 is 6.18 Å². The lowest BCUT2D eigenvalue weighted by molar-refractivity contribution is -0.138. The van der Waals surface area contributed by atoms with Gasteiger partial charge in [-0.05, 0) is 18.2 Å². The van der Waals surface area contributed by atoms with Crippen molar-refractivity contribution in [2.75, 3.05) is 0 Å². The zero-order valence-corrected chi connectivity index (χ0v) is 12.3. The second-order valence-electron chi connectivity index (χ2n) is 4.25. The summed E-state index contributed by atoms with van der Waals surface area (Å²) in [5.74, 6) is -2.42. The highest BCUT2D eigenvalue weighted by Crippen LogP contribution is 2.33. The summed E-state index contributed by atoms with van der Waals surface area (Å²) in [7, 11) is 0. The molecule has 10 heteroatoms. The van der Waals surface area contributed by atoms with Crippen molar-refractivity contribution in [3.63, 3.8) is 0 Å². The molecule has 0 bridgehead atoms. The molecule has 0 spiro atoms. The van der Waals surface area contributed by atoms with Crippen molar-refractivity contribution in [1.29, 1.82) is 0 Å². The van der Waals surface area contributed by atoms with Gasteiger partial charge in [-0.25, -0.2) is 8.78 Å². The van der Waals surface area contributed by atoms with Gasteiger partial charge < -0.3 is 5.21 Å². The maximum absolute atomic E-state index is 13.9. The van der Waals surface area contributed by atoms with E-state index >= 15 is 0 Å². The van der Waals surface area contributed by atoms with E-state index in [1.807, 2.05) is 0 Å². The zero-order chi connectivity index (χ0) is 17.4. The summed E-state index contributed by atoms with van der Waals surface area (Å²) in [5, 5.41) is 10.5. The van der Waals surface area contributed by atoms with Gasteiger partial charge in [-0.3, -0.25) is 4.98 Å². The fourth-order valence-electron chi connectivity index (χ4n) is 1.73. The number of alkyl halides is 3. The molecular weight excluding hydrogens is 366 g/mol. The Morgan fingerprint density at radius 3 is 2.30 bits per heavy atom. The quantitative estimate of drug-likeness (QED) is 0.347. The number of pyridine rings is 1. The topological polar surface area (TPSA) is 45.5 Å². The first kappa shape index (κ1) is 17.4. The van der Waals surface area contributed by atoms with E-state index in [2.05, 4.69) is 10.1 Å². The van der Waals surface area contributed by atoms with Gasteiger partial charge in [0.15, 0.2) is 5.17 Å². The van der Waals surface area contributed by atoms with Crippen LogP contribution < -0.4 is 0 Å². The van der Waals surface area contributed by atoms with Crippen LogP contribution in [0.25, 0.3) is 11.3 Å². The van der Waals surface area contributed by atoms with Gasteiger partial charge in [-0.2, -0.15) is 13.2 Å². The molecule has 1 N–H and O–H groups in total. The number of nitrogens with zero attached hydrogens (tertiary/aromatic N) is 2. The Labute approximate surface area is 136 Å². The third-order valence-corrected chi connectivity index (χ3v) is 3.38. The molecule has 2 aromatic rings. The normalized spacial score (nSPS) is 12.6. The lowest BCUT2D eigenvalue weighted by atomic mass is 10.1. The molecule has 0 aliphatic carbocycles. The fraction of sp³-hybridized carbons (Fsp3) is 0.0769. The second-order valence-corrected chi connectivity index (χ2v) is 5.02. The van der Waals surface area contributed by atoms with E-state index in [0.29, 0.717) is 6.20 Å². The summed E-state index contributed by atoms with van der Waals surface area (Å²) in [5.41, 5.74) is -2.62. The van der Waals surface area contributed by atoms with Gasteiger partial charge in [-0.1, -0.05) is 28.4 Å². The maximum Gasteiger partial charge on any atom is 0.417 e. The molecule has 3 nitrogen and oxygen atoms in total. The van der Waals surface area contributed by atoms with Crippen LogP contribution in [0, 0.1) is 11.6 Å². The van der Waals surface area contributed by atoms with Crippen molar-refractivity contribution < 1.29 is 27.2 Å². The van der Waals surface area contributed by atoms with Crippen molar-refractivity contribution in [2.45, 2.75) is 6.18 Å². The maximum atomic E-state index is 13.9. The largest absolute Gasteiger partial charge is 0.417 e. The smallest absolute Gasteiger partial charge is 0.410 e. The first-order chi connectivity index (χ1) is 10.6. The molecule has 0 aliphatic rings. The van der Waals surface area contributed by atoms with Crippen molar-refractivity contribution in [2.24, 2.45) is 5.16 Å². The summed E-state index contributed by atoms with van der Waals surface area (Å²) in [6.45, 7) is 0. The molecule has 0 amide bonds. The Bertz CT molecular complexity index is 793. The SMILES string of the molecule is O/N=C(\Cl)c1cc(-c2ncc(C(F)(F)F)cc2F)c(F)cc1Cl. The lowest BCUT2D eigenvalue weighted by Gasteiger charge is -2.10. The molecule has 0 saturated carbocycles. The third-order valence-electron chi connectivity index (χ3n) is 2.79. The predicted molar refractivity (Wildman–Crippen MR) is 73.8 cm³/mol. The summed E-state index contributed by atoms with van der Waals surface area (Å²) < 4.78 is 65.3. The number of benzene rings is 1. The van der Waals surface area contributed by atoms with E-state index in [9.17, 15) is 22.0 Å². The van der Waals surface area contributed by atoms with Crippen LogP contribution in [0.5, 0.6) is 0 Å². The highest BCUT2D eigenvalue weighted by Gasteiger charge is 2.32. The van der Waals surface area contributed by atoms with Gasteiger partial charge in [0, 0.05) is 17.3 Å². The minimum Gasteiger partial charge on any atom is -0.410 e. The van der Waals surface area contributed by atoms with Crippen LogP contribution in [-0.4, -0.2) is 15.4 Å². The first-order valence-corrected chi connectivity index (χ1v) is 6.50. The monoisotopic (exact) mass is 370 g/mol. The molecule has 1 aromatic carbocycles. The molecule has 1 heterocycles. The standard InChI is InChI=1S/C13H5Cl2F5N2O/c14-8-3-9(16)7(2-6(8)12(15)22-23)11-10(17)1-5(4-21-11)13(18,19)20/h1-4,23H/b22-12-. The van der Waals surface area contributed by atoms with Crippen LogP contribution in [-0.2, 0) is 6.18 Å². The Hall–Kier alpha value is -1.93. The molecule has 1 aromatic heterocycles. The number of halogens is 7. The van der Waals surface area contributed by atoms with E-state index < -0.39 is 39.8 Å². The Kier molecular flexibility index (Phi) is 4.76. The summed E-state index contributed by atoms with van der Waals surface area (Å²) in [4.78, 5) is 3.31. The van der Waals surface area contributed by atoms with Gasteiger partial charge in [0.2, 0.25) is 0 Å². The van der Waals surface area contributed by atoms with Crippen molar-refractivity contribution in [3.8, 4) is 11.3 Å². The van der Waals surface area contributed by atoms with E-state index in [4.69, 9.17) is 28.4 Å². The lowest BCUT2D eigenvalue weighted by Crippen LogP contribution is -2.07. The van der Waals surface area contributed by atoms with Crippen LogP contribution in [0.4, 0.5) is 22.0 Å². The summed E-state index contributed by atoms with van der Waals surface area (Å²) in [6, 6.07) is 1.86. The Balaban J connectivity index is 2.63. The third kappa shape index (κ3) is 3.53. The molecular formula is C13H5Cl2F5N2O. The number of rotatable bonds is 2. The molecule has 0 fully saturated rings. The average Bonchev–Trinajstić information content (AvgIpc) is 2.46. The van der Waals surface area contributed by atoms with E-state index in [0.717, 1.165) is 12.1 Å². The number of oxime groups is 1. The number of aromatic nitrogens is 1. The second kappa shape index (κ2) is 6.29.